The van der Waals surface area contributed by atoms with Crippen LogP contribution in [0, 0.1) is 0 Å². The fourth-order valence-electron chi connectivity index (χ4n) is 2.36. The van der Waals surface area contributed by atoms with Gasteiger partial charge in [0.1, 0.15) is 11.3 Å². The van der Waals surface area contributed by atoms with Crippen LogP contribution in [0.1, 0.15) is 21.4 Å². The standard InChI is InChI=1S/C18H18ClN5O3/c1-11(10-25)21-17(26)15-7-16(12-3-5-13(19)6-4-12)22-24(18(15)27)14-8-20-23(2)9-14/h3-9,11,25H,10H2,1-2H3,(H,21,26)/t11-/m0/s1/i2D3. The molecule has 3 rings (SSSR count). The molecule has 0 aliphatic heterocycles. The van der Waals surface area contributed by atoms with Crippen LogP contribution >= 0.6 is 11.6 Å². The SMILES string of the molecule is [2H]C([2H])([2H])n1cc(-n2nc(-c3ccc(Cl)cc3)cc(C(=O)N[C@@H](C)CO)c2=O)cn1. The molecular formula is C18H18ClN5O3. The fourth-order valence-corrected chi connectivity index (χ4v) is 2.49. The van der Waals surface area contributed by atoms with Crippen molar-refractivity contribution in [2.24, 2.45) is 6.98 Å². The lowest BCUT2D eigenvalue weighted by atomic mass is 10.1. The number of carbonyl (C=O) groups excluding carboxylic acids is 1. The third kappa shape index (κ3) is 4.07. The van der Waals surface area contributed by atoms with E-state index in [0.717, 1.165) is 15.6 Å². The summed E-state index contributed by atoms with van der Waals surface area (Å²) in [5, 5.41) is 20.2. The van der Waals surface area contributed by atoms with Gasteiger partial charge in [0.2, 0.25) is 0 Å². The summed E-state index contributed by atoms with van der Waals surface area (Å²) in [5.74, 6) is -0.698. The van der Waals surface area contributed by atoms with Crippen LogP contribution in [0.15, 0.2) is 47.5 Å². The number of nitrogens with zero attached hydrogens (tertiary/aromatic N) is 4. The molecule has 8 nitrogen and oxygen atoms in total. The minimum absolute atomic E-state index is 0.0798. The Morgan fingerprint density at radius 2 is 2.15 bits per heavy atom. The predicted octanol–water partition coefficient (Wildman–Crippen LogP) is 1.40. The minimum Gasteiger partial charge on any atom is -0.394 e. The largest absolute Gasteiger partial charge is 0.394 e. The Morgan fingerprint density at radius 1 is 1.41 bits per heavy atom. The zero-order valence-corrected chi connectivity index (χ0v) is 15.0. The van der Waals surface area contributed by atoms with E-state index in [0.29, 0.717) is 10.6 Å². The number of nitrogens with one attached hydrogen (secondary N) is 1. The summed E-state index contributed by atoms with van der Waals surface area (Å²) in [6.07, 6.45) is 2.31. The zero-order chi connectivity index (χ0) is 22.1. The third-order valence-corrected chi connectivity index (χ3v) is 4.01. The lowest BCUT2D eigenvalue weighted by Gasteiger charge is -2.13. The Hall–Kier alpha value is -2.97. The zero-order valence-electron chi connectivity index (χ0n) is 17.3. The van der Waals surface area contributed by atoms with E-state index >= 15 is 0 Å². The molecule has 1 atom stereocenters. The molecule has 3 aromatic rings. The highest BCUT2D eigenvalue weighted by Gasteiger charge is 2.19. The summed E-state index contributed by atoms with van der Waals surface area (Å²) in [6.45, 7) is -1.26. The maximum atomic E-state index is 13.0. The number of aryl methyl sites for hydroxylation is 1. The number of aromatic nitrogens is 4. The van der Waals surface area contributed by atoms with Gasteiger partial charge in [-0.05, 0) is 25.1 Å². The lowest BCUT2D eigenvalue weighted by Crippen LogP contribution is -2.39. The van der Waals surface area contributed by atoms with Gasteiger partial charge >= 0.3 is 0 Å². The number of carbonyl (C=O) groups is 1. The van der Waals surface area contributed by atoms with Crippen LogP contribution in [-0.4, -0.2) is 43.2 Å². The molecule has 0 unspecified atom stereocenters. The van der Waals surface area contributed by atoms with Crippen molar-refractivity contribution in [2.75, 3.05) is 6.61 Å². The van der Waals surface area contributed by atoms with Gasteiger partial charge < -0.3 is 10.4 Å². The van der Waals surface area contributed by atoms with Gasteiger partial charge in [0.05, 0.1) is 24.7 Å². The fraction of sp³-hybridized carbons (Fsp3) is 0.222. The molecule has 0 saturated carbocycles. The van der Waals surface area contributed by atoms with Crippen molar-refractivity contribution in [3.63, 3.8) is 0 Å². The summed E-state index contributed by atoms with van der Waals surface area (Å²) < 4.78 is 23.9. The first-order valence-corrected chi connectivity index (χ1v) is 8.35. The molecule has 2 N–H and O–H groups in total. The van der Waals surface area contributed by atoms with Crippen molar-refractivity contribution >= 4 is 17.5 Å². The van der Waals surface area contributed by atoms with Gasteiger partial charge in [-0.15, -0.1) is 0 Å². The minimum atomic E-state index is -2.54. The number of halogens is 1. The highest BCUT2D eigenvalue weighted by molar-refractivity contribution is 6.30. The van der Waals surface area contributed by atoms with Crippen LogP contribution in [0.4, 0.5) is 0 Å². The topological polar surface area (TPSA) is 102 Å². The molecule has 0 fully saturated rings. The molecule has 0 bridgehead atoms. The number of aliphatic hydroxyl groups is 1. The normalized spacial score (nSPS) is 14.1. The second kappa shape index (κ2) is 7.73. The smallest absolute Gasteiger partial charge is 0.284 e. The van der Waals surface area contributed by atoms with Gasteiger partial charge in [-0.1, -0.05) is 23.7 Å². The number of amides is 1. The Bertz CT molecular complexity index is 1130. The van der Waals surface area contributed by atoms with Gasteiger partial charge in [0, 0.05) is 27.7 Å². The number of benzene rings is 1. The van der Waals surface area contributed by atoms with Crippen molar-refractivity contribution in [2.45, 2.75) is 13.0 Å². The summed E-state index contributed by atoms with van der Waals surface area (Å²) in [6, 6.07) is 7.36. The molecule has 1 amide bonds. The van der Waals surface area contributed by atoms with Crippen LogP contribution in [0.5, 0.6) is 0 Å². The predicted molar refractivity (Wildman–Crippen MR) is 101 cm³/mol. The summed E-state index contributed by atoms with van der Waals surface area (Å²) >= 11 is 5.92. The highest BCUT2D eigenvalue weighted by Crippen LogP contribution is 2.20. The first kappa shape index (κ1) is 15.1. The third-order valence-electron chi connectivity index (χ3n) is 3.76. The summed E-state index contributed by atoms with van der Waals surface area (Å²) in [5.41, 5.74) is -0.0381. The first-order valence-electron chi connectivity index (χ1n) is 9.47. The Kier molecular flexibility index (Phi) is 4.33. The van der Waals surface area contributed by atoms with Crippen molar-refractivity contribution in [1.29, 1.82) is 0 Å². The molecule has 2 heterocycles. The van der Waals surface area contributed by atoms with Crippen LogP contribution in [0.3, 0.4) is 0 Å². The van der Waals surface area contributed by atoms with E-state index in [-0.39, 0.29) is 23.6 Å². The number of aliphatic hydroxyl groups excluding tert-OH is 1. The average molecular weight is 391 g/mol. The molecule has 2 aromatic heterocycles. The molecule has 0 spiro atoms. The summed E-state index contributed by atoms with van der Waals surface area (Å²) in [7, 11) is 0. The molecule has 0 saturated heterocycles. The monoisotopic (exact) mass is 390 g/mol. The van der Waals surface area contributed by atoms with E-state index in [1.165, 1.54) is 12.3 Å². The number of rotatable bonds is 5. The van der Waals surface area contributed by atoms with Crippen LogP contribution in [-0.2, 0) is 6.98 Å². The maximum absolute atomic E-state index is 13.0. The maximum Gasteiger partial charge on any atom is 0.284 e. The van der Waals surface area contributed by atoms with E-state index < -0.39 is 24.5 Å². The van der Waals surface area contributed by atoms with Gasteiger partial charge in [0.15, 0.2) is 0 Å². The van der Waals surface area contributed by atoms with Crippen molar-refractivity contribution in [1.82, 2.24) is 24.9 Å². The molecule has 140 valence electrons. The van der Waals surface area contributed by atoms with Gasteiger partial charge in [-0.2, -0.15) is 14.9 Å². The van der Waals surface area contributed by atoms with E-state index in [1.807, 2.05) is 0 Å². The molecule has 27 heavy (non-hydrogen) atoms. The number of hydrogen-bond donors (Lipinski definition) is 2. The van der Waals surface area contributed by atoms with E-state index in [1.54, 1.807) is 31.2 Å². The summed E-state index contributed by atoms with van der Waals surface area (Å²) in [4.78, 5) is 25.6. The van der Waals surface area contributed by atoms with Crippen LogP contribution < -0.4 is 10.9 Å². The molecule has 0 aliphatic rings. The van der Waals surface area contributed by atoms with Gasteiger partial charge in [-0.25, -0.2) is 0 Å². The second-order valence-corrected chi connectivity index (χ2v) is 6.30. The average Bonchev–Trinajstić information content (AvgIpc) is 3.19. The molecule has 0 radical (unpaired) electrons. The Balaban J connectivity index is 2.17. The van der Waals surface area contributed by atoms with Crippen molar-refractivity contribution in [3.05, 3.63) is 63.7 Å². The van der Waals surface area contributed by atoms with Gasteiger partial charge in [0.25, 0.3) is 11.5 Å². The van der Waals surface area contributed by atoms with E-state index in [4.69, 9.17) is 15.7 Å². The lowest BCUT2D eigenvalue weighted by molar-refractivity contribution is 0.0920. The number of hydrogen-bond acceptors (Lipinski definition) is 5. The molecule has 0 aliphatic carbocycles. The van der Waals surface area contributed by atoms with Gasteiger partial charge in [-0.3, -0.25) is 14.3 Å². The quantitative estimate of drug-likeness (QED) is 0.685. The Morgan fingerprint density at radius 3 is 2.78 bits per heavy atom. The van der Waals surface area contributed by atoms with E-state index in [2.05, 4.69) is 15.5 Å². The van der Waals surface area contributed by atoms with Crippen molar-refractivity contribution < 1.29 is 14.0 Å². The Labute approximate surface area is 164 Å². The van der Waals surface area contributed by atoms with Crippen LogP contribution in [0.25, 0.3) is 16.9 Å². The van der Waals surface area contributed by atoms with Crippen molar-refractivity contribution in [3.8, 4) is 16.9 Å². The molecular weight excluding hydrogens is 370 g/mol. The molecule has 9 heteroatoms. The van der Waals surface area contributed by atoms with Crippen LogP contribution in [0.2, 0.25) is 5.02 Å². The highest BCUT2D eigenvalue weighted by atomic mass is 35.5. The molecule has 1 aromatic carbocycles. The second-order valence-electron chi connectivity index (χ2n) is 5.87. The first-order chi connectivity index (χ1) is 14.1. The van der Waals surface area contributed by atoms with E-state index in [9.17, 15) is 14.7 Å².